The summed E-state index contributed by atoms with van der Waals surface area (Å²) >= 11 is 0. The molecule has 45 heavy (non-hydrogen) atoms. The van der Waals surface area contributed by atoms with Gasteiger partial charge in [-0.1, -0.05) is 18.2 Å². The first kappa shape index (κ1) is 30.6. The van der Waals surface area contributed by atoms with Gasteiger partial charge >= 0.3 is 0 Å². The third kappa shape index (κ3) is 6.26. The lowest BCUT2D eigenvalue weighted by atomic mass is 9.88. The summed E-state index contributed by atoms with van der Waals surface area (Å²) in [4.78, 5) is 4.69. The second kappa shape index (κ2) is 12.9. The fourth-order valence-corrected chi connectivity index (χ4v) is 6.73. The monoisotopic (exact) mass is 610 g/mol. The van der Waals surface area contributed by atoms with Gasteiger partial charge in [0.2, 0.25) is 0 Å². The highest BCUT2D eigenvalue weighted by Crippen LogP contribution is 2.41. The molecule has 8 nitrogen and oxygen atoms in total. The standard InChI is InChI=1S/C37H42N2O6/c1-38-14-12-25-19-34(42-3)33(41)21-28(25)30(38)16-23-6-9-27(10-7-23)45-35-18-24(8-11-32(35)40)17-31-29-22-37(44-5)36(43-4)20-26(29)13-15-39(31)2/h6-11,18-22,30-31,40-41H,12-17H2,1-5H3/t30-,31+/m1/s1. The molecule has 0 aromatic heterocycles. The van der Waals surface area contributed by atoms with E-state index in [0.29, 0.717) is 17.2 Å². The lowest BCUT2D eigenvalue weighted by Crippen LogP contribution is -2.33. The molecule has 2 aliphatic rings. The van der Waals surface area contributed by atoms with Gasteiger partial charge in [0.05, 0.1) is 21.3 Å². The molecule has 4 aromatic carbocycles. The van der Waals surface area contributed by atoms with Crippen LogP contribution in [0.3, 0.4) is 0 Å². The van der Waals surface area contributed by atoms with Crippen molar-refractivity contribution in [1.82, 2.24) is 9.80 Å². The van der Waals surface area contributed by atoms with Crippen molar-refractivity contribution in [2.75, 3.05) is 48.5 Å². The van der Waals surface area contributed by atoms with Crippen molar-refractivity contribution >= 4 is 0 Å². The molecule has 0 aliphatic carbocycles. The van der Waals surface area contributed by atoms with Crippen molar-refractivity contribution in [2.24, 2.45) is 0 Å². The molecule has 0 saturated heterocycles. The number of hydrogen-bond donors (Lipinski definition) is 2. The highest BCUT2D eigenvalue weighted by molar-refractivity contribution is 5.51. The van der Waals surface area contributed by atoms with Crippen molar-refractivity contribution in [3.05, 3.63) is 100 Å². The Bertz CT molecular complexity index is 1670. The zero-order chi connectivity index (χ0) is 31.7. The topological polar surface area (TPSA) is 83.9 Å². The normalized spacial score (nSPS) is 18.2. The summed E-state index contributed by atoms with van der Waals surface area (Å²) in [6.45, 7) is 1.88. The first-order valence-electron chi connectivity index (χ1n) is 15.4. The van der Waals surface area contributed by atoms with Crippen LogP contribution in [0, 0.1) is 0 Å². The van der Waals surface area contributed by atoms with Crippen molar-refractivity contribution in [3.63, 3.8) is 0 Å². The summed E-state index contributed by atoms with van der Waals surface area (Å²) in [6, 6.07) is 21.9. The van der Waals surface area contributed by atoms with Crippen LogP contribution in [-0.4, -0.2) is 68.5 Å². The number of fused-ring (bicyclic) bond motifs is 2. The molecular formula is C37H42N2O6. The molecule has 2 N–H and O–H groups in total. The second-order valence-corrected chi connectivity index (χ2v) is 12.1. The van der Waals surface area contributed by atoms with Crippen LogP contribution >= 0.6 is 0 Å². The lowest BCUT2D eigenvalue weighted by molar-refractivity contribution is 0.227. The minimum absolute atomic E-state index is 0.0994. The van der Waals surface area contributed by atoms with Gasteiger partial charge in [-0.15, -0.1) is 0 Å². The Morgan fingerprint density at radius 1 is 0.600 bits per heavy atom. The molecule has 6 rings (SSSR count). The van der Waals surface area contributed by atoms with Gasteiger partial charge in [-0.2, -0.15) is 0 Å². The number of nitrogens with zero attached hydrogens (tertiary/aromatic N) is 2. The number of aromatic hydroxyl groups is 2. The van der Waals surface area contributed by atoms with Crippen LogP contribution in [-0.2, 0) is 25.7 Å². The predicted molar refractivity (Wildman–Crippen MR) is 174 cm³/mol. The van der Waals surface area contributed by atoms with Gasteiger partial charge in [-0.3, -0.25) is 9.80 Å². The lowest BCUT2D eigenvalue weighted by Gasteiger charge is -2.35. The summed E-state index contributed by atoms with van der Waals surface area (Å²) in [7, 11) is 9.18. The maximum Gasteiger partial charge on any atom is 0.169 e. The number of benzene rings is 4. The fourth-order valence-electron chi connectivity index (χ4n) is 6.73. The van der Waals surface area contributed by atoms with Crippen molar-refractivity contribution in [1.29, 1.82) is 0 Å². The van der Waals surface area contributed by atoms with Crippen LogP contribution < -0.4 is 18.9 Å². The summed E-state index contributed by atoms with van der Waals surface area (Å²) < 4.78 is 22.7. The molecule has 0 radical (unpaired) electrons. The maximum absolute atomic E-state index is 10.7. The smallest absolute Gasteiger partial charge is 0.169 e. The Morgan fingerprint density at radius 2 is 1.13 bits per heavy atom. The van der Waals surface area contributed by atoms with E-state index in [9.17, 15) is 10.2 Å². The first-order chi connectivity index (χ1) is 21.8. The molecule has 2 atom stereocenters. The number of phenolic OH excluding ortho intramolecular Hbond substituents is 2. The number of rotatable bonds is 9. The summed E-state index contributed by atoms with van der Waals surface area (Å²) in [5, 5.41) is 21.1. The van der Waals surface area contributed by atoms with Gasteiger partial charge in [-0.25, -0.2) is 0 Å². The van der Waals surface area contributed by atoms with Gasteiger partial charge in [0.15, 0.2) is 34.5 Å². The molecule has 0 saturated carbocycles. The minimum Gasteiger partial charge on any atom is -0.504 e. The Morgan fingerprint density at radius 3 is 1.76 bits per heavy atom. The highest BCUT2D eigenvalue weighted by Gasteiger charge is 2.28. The van der Waals surface area contributed by atoms with Gasteiger partial charge in [0.25, 0.3) is 0 Å². The number of likely N-dealkylation sites (N-methyl/N-ethyl adjacent to an activating group) is 2. The third-order valence-electron chi connectivity index (χ3n) is 9.37. The first-order valence-corrected chi connectivity index (χ1v) is 15.4. The maximum atomic E-state index is 10.7. The van der Waals surface area contributed by atoms with E-state index in [1.54, 1.807) is 27.4 Å². The van der Waals surface area contributed by atoms with E-state index in [2.05, 4.69) is 48.2 Å². The van der Waals surface area contributed by atoms with Gasteiger partial charge < -0.3 is 29.2 Å². The van der Waals surface area contributed by atoms with Crippen LogP contribution in [0.4, 0.5) is 0 Å². The number of phenols is 2. The van der Waals surface area contributed by atoms with Gasteiger partial charge in [0, 0.05) is 25.2 Å². The van der Waals surface area contributed by atoms with Crippen molar-refractivity contribution < 1.29 is 29.2 Å². The molecule has 236 valence electrons. The molecule has 4 aromatic rings. The fraction of sp³-hybridized carbons (Fsp3) is 0.351. The quantitative estimate of drug-likeness (QED) is 0.224. The summed E-state index contributed by atoms with van der Waals surface area (Å²) in [5.41, 5.74) is 7.07. The molecule has 0 fully saturated rings. The van der Waals surface area contributed by atoms with Crippen LogP contribution in [0.5, 0.6) is 40.2 Å². The minimum atomic E-state index is 0.0994. The molecule has 8 heteroatoms. The molecule has 0 unspecified atom stereocenters. The Kier molecular flexibility index (Phi) is 8.79. The SMILES string of the molecule is COc1cc2c(cc1O)[C@@H](Cc1ccc(Oc3cc(C[C@H]4c5cc(OC)c(OC)cc5CCN4C)ccc3O)cc1)N(C)CC2. The molecule has 0 bridgehead atoms. The Balaban J connectivity index is 1.18. The molecule has 0 amide bonds. The average molecular weight is 611 g/mol. The molecule has 2 heterocycles. The van der Waals surface area contributed by atoms with E-state index < -0.39 is 0 Å². The molecular weight excluding hydrogens is 568 g/mol. The predicted octanol–water partition coefficient (Wildman–Crippen LogP) is 6.46. The van der Waals surface area contributed by atoms with E-state index in [-0.39, 0.29) is 23.6 Å². The Labute approximate surface area is 265 Å². The van der Waals surface area contributed by atoms with Gasteiger partial charge in [-0.05, 0) is 122 Å². The largest absolute Gasteiger partial charge is 0.504 e. The van der Waals surface area contributed by atoms with Gasteiger partial charge in [0.1, 0.15) is 5.75 Å². The molecule has 2 aliphatic heterocycles. The highest BCUT2D eigenvalue weighted by atomic mass is 16.5. The molecule has 0 spiro atoms. The number of hydrogen-bond acceptors (Lipinski definition) is 8. The Hall–Kier alpha value is -4.40. The van der Waals surface area contributed by atoms with Crippen LogP contribution in [0.15, 0.2) is 66.7 Å². The van der Waals surface area contributed by atoms with E-state index in [1.807, 2.05) is 36.4 Å². The van der Waals surface area contributed by atoms with E-state index in [4.69, 9.17) is 18.9 Å². The number of ether oxygens (including phenoxy) is 4. The van der Waals surface area contributed by atoms with Crippen LogP contribution in [0.25, 0.3) is 0 Å². The van der Waals surface area contributed by atoms with E-state index >= 15 is 0 Å². The van der Waals surface area contributed by atoms with Crippen molar-refractivity contribution in [2.45, 2.75) is 37.8 Å². The van der Waals surface area contributed by atoms with Crippen LogP contribution in [0.2, 0.25) is 0 Å². The third-order valence-corrected chi connectivity index (χ3v) is 9.37. The zero-order valence-corrected chi connectivity index (χ0v) is 26.7. The van der Waals surface area contributed by atoms with E-state index in [0.717, 1.165) is 67.0 Å². The van der Waals surface area contributed by atoms with E-state index in [1.165, 1.54) is 16.7 Å². The second-order valence-electron chi connectivity index (χ2n) is 12.1. The number of methoxy groups -OCH3 is 3. The zero-order valence-electron chi connectivity index (χ0n) is 26.7. The average Bonchev–Trinajstić information content (AvgIpc) is 3.05. The van der Waals surface area contributed by atoms with Crippen LogP contribution in [0.1, 0.15) is 45.5 Å². The summed E-state index contributed by atoms with van der Waals surface area (Å²) in [5.74, 6) is 3.35. The van der Waals surface area contributed by atoms with Crippen molar-refractivity contribution in [3.8, 4) is 40.2 Å². The summed E-state index contributed by atoms with van der Waals surface area (Å²) in [6.07, 6.45) is 3.42.